The second-order valence-electron chi connectivity index (χ2n) is 8.10. The molecule has 3 rings (SSSR count). The molecular formula is C23H33N3O3. The molecule has 2 heterocycles. The topological polar surface area (TPSA) is 58.8 Å². The molecule has 0 atom stereocenters. The minimum atomic E-state index is 0.137. The highest BCUT2D eigenvalue weighted by atomic mass is 16.5. The van der Waals surface area contributed by atoms with E-state index in [1.54, 1.807) is 7.11 Å². The summed E-state index contributed by atoms with van der Waals surface area (Å²) in [6.07, 6.45) is 3.64. The Bertz CT molecular complexity index is 790. The number of likely N-dealkylation sites (N-methyl/N-ethyl adjacent to an activating group) is 1. The molecule has 1 aliphatic heterocycles. The molecule has 0 radical (unpaired) electrons. The Kier molecular flexibility index (Phi) is 7.31. The zero-order valence-corrected chi connectivity index (χ0v) is 18.1. The van der Waals surface area contributed by atoms with Gasteiger partial charge in [0.25, 0.3) is 0 Å². The number of amides is 1. The van der Waals surface area contributed by atoms with E-state index < -0.39 is 0 Å². The highest BCUT2D eigenvalue weighted by Gasteiger charge is 2.23. The minimum Gasteiger partial charge on any atom is -0.496 e. The van der Waals surface area contributed by atoms with E-state index in [1.165, 1.54) is 5.56 Å². The Morgan fingerprint density at radius 3 is 2.66 bits per heavy atom. The molecule has 0 unspecified atom stereocenters. The summed E-state index contributed by atoms with van der Waals surface area (Å²) in [6.45, 7) is 7.80. The molecule has 1 aromatic heterocycles. The number of likely N-dealkylation sites (tertiary alicyclic amines) is 1. The Balaban J connectivity index is 1.41. The van der Waals surface area contributed by atoms with Crippen molar-refractivity contribution < 1.29 is 14.1 Å². The first-order valence-corrected chi connectivity index (χ1v) is 10.5. The van der Waals surface area contributed by atoms with E-state index in [0.717, 1.165) is 68.2 Å². The van der Waals surface area contributed by atoms with E-state index in [2.05, 4.69) is 22.2 Å². The van der Waals surface area contributed by atoms with Gasteiger partial charge in [0, 0.05) is 25.7 Å². The lowest BCUT2D eigenvalue weighted by Crippen LogP contribution is -2.40. The van der Waals surface area contributed by atoms with Crippen LogP contribution in [-0.2, 0) is 17.6 Å². The van der Waals surface area contributed by atoms with Crippen LogP contribution in [0.15, 0.2) is 28.8 Å². The number of rotatable bonds is 8. The Morgan fingerprint density at radius 1 is 1.28 bits per heavy atom. The van der Waals surface area contributed by atoms with Crippen LogP contribution in [0.3, 0.4) is 0 Å². The Hall–Kier alpha value is -2.34. The monoisotopic (exact) mass is 399 g/mol. The van der Waals surface area contributed by atoms with Gasteiger partial charge >= 0.3 is 0 Å². The van der Waals surface area contributed by atoms with Crippen LogP contribution in [0.25, 0.3) is 0 Å². The summed E-state index contributed by atoms with van der Waals surface area (Å²) in [5, 5.41) is 3.94. The van der Waals surface area contributed by atoms with Gasteiger partial charge in [-0.1, -0.05) is 23.4 Å². The summed E-state index contributed by atoms with van der Waals surface area (Å²) in [7, 11) is 3.64. The number of methoxy groups -OCH3 is 1. The fourth-order valence-electron chi connectivity index (χ4n) is 4.11. The van der Waals surface area contributed by atoms with Crippen molar-refractivity contribution in [2.75, 3.05) is 40.3 Å². The molecule has 0 saturated carbocycles. The standard InChI is InChI=1S/C23H33N3O3/c1-17-21(18(2)29-24-17)15-23(27)25(3)16-19-9-12-26(13-10-19)14-11-20-7-5-6-8-22(20)28-4/h5-8,19H,9-16H2,1-4H3. The molecular weight excluding hydrogens is 366 g/mol. The second-order valence-corrected chi connectivity index (χ2v) is 8.10. The van der Waals surface area contributed by atoms with E-state index >= 15 is 0 Å². The van der Waals surface area contributed by atoms with Gasteiger partial charge in [0.1, 0.15) is 11.5 Å². The first-order valence-electron chi connectivity index (χ1n) is 10.5. The van der Waals surface area contributed by atoms with Crippen molar-refractivity contribution in [2.45, 2.75) is 39.5 Å². The SMILES string of the molecule is COc1ccccc1CCN1CCC(CN(C)C(=O)Cc2c(C)noc2C)CC1. The van der Waals surface area contributed by atoms with Crippen molar-refractivity contribution in [1.82, 2.24) is 15.0 Å². The number of hydrogen-bond acceptors (Lipinski definition) is 5. The third-order valence-corrected chi connectivity index (χ3v) is 6.06. The van der Waals surface area contributed by atoms with Gasteiger partial charge in [-0.2, -0.15) is 0 Å². The van der Waals surface area contributed by atoms with Crippen molar-refractivity contribution in [3.8, 4) is 5.75 Å². The number of aryl methyl sites for hydroxylation is 2. The fraction of sp³-hybridized carbons (Fsp3) is 0.565. The predicted octanol–water partition coefficient (Wildman–Crippen LogP) is 3.26. The number of aromatic nitrogens is 1. The molecule has 1 saturated heterocycles. The summed E-state index contributed by atoms with van der Waals surface area (Å²) in [6, 6.07) is 8.25. The van der Waals surface area contributed by atoms with Gasteiger partial charge in [-0.05, 0) is 63.7 Å². The highest BCUT2D eigenvalue weighted by Crippen LogP contribution is 2.22. The maximum absolute atomic E-state index is 12.6. The van der Waals surface area contributed by atoms with Gasteiger partial charge in [0.15, 0.2) is 0 Å². The average Bonchev–Trinajstić information content (AvgIpc) is 3.05. The van der Waals surface area contributed by atoms with E-state index in [4.69, 9.17) is 9.26 Å². The maximum atomic E-state index is 12.6. The number of ether oxygens (including phenoxy) is 1. The molecule has 6 heteroatoms. The molecule has 158 valence electrons. The van der Waals surface area contributed by atoms with Crippen LogP contribution in [0.4, 0.5) is 0 Å². The van der Waals surface area contributed by atoms with Crippen LogP contribution in [0.2, 0.25) is 0 Å². The molecule has 0 aliphatic carbocycles. The lowest BCUT2D eigenvalue weighted by molar-refractivity contribution is -0.130. The van der Waals surface area contributed by atoms with E-state index in [-0.39, 0.29) is 5.91 Å². The lowest BCUT2D eigenvalue weighted by Gasteiger charge is -2.34. The fourth-order valence-corrected chi connectivity index (χ4v) is 4.11. The van der Waals surface area contributed by atoms with Crippen molar-refractivity contribution in [3.63, 3.8) is 0 Å². The van der Waals surface area contributed by atoms with Crippen molar-refractivity contribution >= 4 is 5.91 Å². The zero-order chi connectivity index (χ0) is 20.8. The van der Waals surface area contributed by atoms with Gasteiger partial charge in [0.05, 0.1) is 19.2 Å². The quantitative estimate of drug-likeness (QED) is 0.682. The van der Waals surface area contributed by atoms with Crippen LogP contribution in [-0.4, -0.2) is 61.2 Å². The highest BCUT2D eigenvalue weighted by molar-refractivity contribution is 5.79. The van der Waals surface area contributed by atoms with Crippen molar-refractivity contribution in [2.24, 2.45) is 5.92 Å². The summed E-state index contributed by atoms with van der Waals surface area (Å²) < 4.78 is 10.6. The molecule has 0 bridgehead atoms. The van der Waals surface area contributed by atoms with Crippen LogP contribution in [0, 0.1) is 19.8 Å². The zero-order valence-electron chi connectivity index (χ0n) is 18.1. The number of carbonyl (C=O) groups excluding carboxylic acids is 1. The van der Waals surface area contributed by atoms with Crippen molar-refractivity contribution in [3.05, 3.63) is 46.8 Å². The lowest BCUT2D eigenvalue weighted by atomic mass is 9.95. The molecule has 0 spiro atoms. The molecule has 1 amide bonds. The molecule has 1 aliphatic rings. The first-order chi connectivity index (χ1) is 14.0. The molecule has 1 fully saturated rings. The second kappa shape index (κ2) is 9.92. The molecule has 2 aromatic rings. The Labute approximate surface area is 173 Å². The van der Waals surface area contributed by atoms with Gasteiger partial charge in [0.2, 0.25) is 5.91 Å². The predicted molar refractivity (Wildman–Crippen MR) is 113 cm³/mol. The summed E-state index contributed by atoms with van der Waals surface area (Å²) >= 11 is 0. The molecule has 0 N–H and O–H groups in total. The van der Waals surface area contributed by atoms with Gasteiger partial charge in [-0.3, -0.25) is 4.79 Å². The number of piperidine rings is 1. The third-order valence-electron chi connectivity index (χ3n) is 6.06. The van der Waals surface area contributed by atoms with Crippen LogP contribution >= 0.6 is 0 Å². The van der Waals surface area contributed by atoms with Gasteiger partial charge in [-0.25, -0.2) is 0 Å². The minimum absolute atomic E-state index is 0.137. The van der Waals surface area contributed by atoms with Crippen LogP contribution < -0.4 is 4.74 Å². The maximum Gasteiger partial charge on any atom is 0.226 e. The summed E-state index contributed by atoms with van der Waals surface area (Å²) in [5.74, 6) is 2.42. The largest absolute Gasteiger partial charge is 0.496 e. The number of hydrogen-bond donors (Lipinski definition) is 0. The number of benzene rings is 1. The third kappa shape index (κ3) is 5.60. The van der Waals surface area contributed by atoms with E-state index in [0.29, 0.717) is 12.3 Å². The van der Waals surface area contributed by atoms with E-state index in [1.807, 2.05) is 37.9 Å². The van der Waals surface area contributed by atoms with Gasteiger partial charge in [-0.15, -0.1) is 0 Å². The average molecular weight is 400 g/mol. The number of nitrogens with zero attached hydrogens (tertiary/aromatic N) is 3. The Morgan fingerprint density at radius 2 is 2.00 bits per heavy atom. The number of para-hydroxylation sites is 1. The summed E-state index contributed by atoms with van der Waals surface area (Å²) in [4.78, 5) is 17.0. The first kappa shape index (κ1) is 21.4. The normalized spacial score (nSPS) is 15.4. The molecule has 6 nitrogen and oxygen atoms in total. The summed E-state index contributed by atoms with van der Waals surface area (Å²) in [5.41, 5.74) is 3.00. The number of carbonyl (C=O) groups is 1. The van der Waals surface area contributed by atoms with Crippen molar-refractivity contribution in [1.29, 1.82) is 0 Å². The van der Waals surface area contributed by atoms with Crippen LogP contribution in [0.5, 0.6) is 5.75 Å². The van der Waals surface area contributed by atoms with Gasteiger partial charge < -0.3 is 19.1 Å². The van der Waals surface area contributed by atoms with Crippen LogP contribution in [0.1, 0.15) is 35.4 Å². The smallest absolute Gasteiger partial charge is 0.226 e. The van der Waals surface area contributed by atoms with E-state index in [9.17, 15) is 4.79 Å². The molecule has 1 aromatic carbocycles. The molecule has 29 heavy (non-hydrogen) atoms.